The summed E-state index contributed by atoms with van der Waals surface area (Å²) in [6.07, 6.45) is 7.12. The van der Waals surface area contributed by atoms with E-state index in [1.807, 2.05) is 24.3 Å². The predicted octanol–water partition coefficient (Wildman–Crippen LogP) is 2.72. The van der Waals surface area contributed by atoms with Gasteiger partial charge in [0.1, 0.15) is 4.90 Å². The largest absolute Gasteiger partial charge is 0.346 e. The number of hydrogen-bond donors (Lipinski definition) is 1. The number of aromatic nitrogens is 1. The van der Waals surface area contributed by atoms with Crippen LogP contribution in [-0.2, 0) is 16.6 Å². The van der Waals surface area contributed by atoms with Crippen molar-refractivity contribution in [3.8, 4) is 0 Å². The van der Waals surface area contributed by atoms with Crippen LogP contribution in [0.1, 0.15) is 25.7 Å². The van der Waals surface area contributed by atoms with Crippen LogP contribution in [0, 0.1) is 17.8 Å². The van der Waals surface area contributed by atoms with E-state index in [0.29, 0.717) is 5.92 Å². The third-order valence-electron chi connectivity index (χ3n) is 5.37. The number of benzene rings is 1. The molecule has 2 aromatic rings. The molecule has 1 heterocycles. The molecule has 2 aliphatic carbocycles. The second-order valence-electron chi connectivity index (χ2n) is 6.64. The lowest BCUT2D eigenvalue weighted by Crippen LogP contribution is -2.17. The van der Waals surface area contributed by atoms with Crippen LogP contribution in [-0.4, -0.2) is 13.0 Å². The van der Waals surface area contributed by atoms with Crippen LogP contribution in [0.25, 0.3) is 10.9 Å². The van der Waals surface area contributed by atoms with E-state index in [2.05, 4.69) is 4.57 Å². The Morgan fingerprint density at radius 1 is 1.19 bits per heavy atom. The van der Waals surface area contributed by atoms with Crippen LogP contribution >= 0.6 is 0 Å². The van der Waals surface area contributed by atoms with Crippen molar-refractivity contribution in [3.63, 3.8) is 0 Å². The third kappa shape index (κ3) is 2.19. The van der Waals surface area contributed by atoms with Crippen molar-refractivity contribution >= 4 is 20.9 Å². The molecule has 1 aromatic carbocycles. The van der Waals surface area contributed by atoms with Gasteiger partial charge in [-0.3, -0.25) is 0 Å². The number of rotatable bonds is 3. The zero-order valence-electron chi connectivity index (χ0n) is 11.9. The minimum absolute atomic E-state index is 0.251. The number of primary sulfonamides is 1. The number of hydrogen-bond acceptors (Lipinski definition) is 2. The van der Waals surface area contributed by atoms with E-state index in [1.165, 1.54) is 25.7 Å². The standard InChI is InChI=1S/C16H20N2O2S/c17-21(19,20)16-10-18(15-4-2-1-3-14(15)16)9-13-8-11-5-6-12(13)7-11/h1-4,10-13H,5-9H2,(H2,17,19,20). The number of para-hydroxylation sites is 1. The maximum Gasteiger partial charge on any atom is 0.240 e. The number of nitrogens with two attached hydrogens (primary N) is 1. The summed E-state index contributed by atoms with van der Waals surface area (Å²) in [6.45, 7) is 0.914. The summed E-state index contributed by atoms with van der Waals surface area (Å²) < 4.78 is 25.7. The van der Waals surface area contributed by atoms with Crippen molar-refractivity contribution in [2.75, 3.05) is 0 Å². The summed E-state index contributed by atoms with van der Waals surface area (Å²) >= 11 is 0. The van der Waals surface area contributed by atoms with Crippen molar-refractivity contribution in [2.45, 2.75) is 37.1 Å². The summed E-state index contributed by atoms with van der Waals surface area (Å²) in [7, 11) is -3.67. The van der Waals surface area contributed by atoms with Crippen LogP contribution in [0.5, 0.6) is 0 Å². The summed E-state index contributed by atoms with van der Waals surface area (Å²) in [5.41, 5.74) is 0.976. The minimum atomic E-state index is -3.67. The summed E-state index contributed by atoms with van der Waals surface area (Å²) in [5, 5.41) is 6.10. The fourth-order valence-electron chi connectivity index (χ4n) is 4.44. The van der Waals surface area contributed by atoms with Gasteiger partial charge in [0.2, 0.25) is 10.0 Å². The van der Waals surface area contributed by atoms with Gasteiger partial charge < -0.3 is 4.57 Å². The Kier molecular flexibility index (Phi) is 2.91. The van der Waals surface area contributed by atoms with E-state index < -0.39 is 10.0 Å². The van der Waals surface area contributed by atoms with Crippen molar-refractivity contribution in [3.05, 3.63) is 30.5 Å². The summed E-state index contributed by atoms with van der Waals surface area (Å²) in [4.78, 5) is 0.251. The van der Waals surface area contributed by atoms with E-state index in [1.54, 1.807) is 6.20 Å². The van der Waals surface area contributed by atoms with Gasteiger partial charge in [-0.05, 0) is 43.1 Å². The maximum absolute atomic E-state index is 11.8. The molecule has 21 heavy (non-hydrogen) atoms. The van der Waals surface area contributed by atoms with Crippen LogP contribution in [0.15, 0.2) is 35.4 Å². The zero-order chi connectivity index (χ0) is 14.6. The van der Waals surface area contributed by atoms with Gasteiger partial charge >= 0.3 is 0 Å². The quantitative estimate of drug-likeness (QED) is 0.947. The average molecular weight is 304 g/mol. The molecule has 0 aliphatic heterocycles. The van der Waals surface area contributed by atoms with Crippen LogP contribution in [0.2, 0.25) is 0 Å². The van der Waals surface area contributed by atoms with Gasteiger partial charge in [-0.25, -0.2) is 13.6 Å². The summed E-state index contributed by atoms with van der Waals surface area (Å²) in [5.74, 6) is 2.42. The Morgan fingerprint density at radius 2 is 2.00 bits per heavy atom. The van der Waals surface area contributed by atoms with Gasteiger partial charge in [0.25, 0.3) is 0 Å². The Balaban J connectivity index is 1.75. The monoisotopic (exact) mass is 304 g/mol. The first kappa shape index (κ1) is 13.3. The first-order chi connectivity index (χ1) is 10.0. The molecule has 2 bridgehead atoms. The van der Waals surface area contributed by atoms with E-state index in [-0.39, 0.29) is 4.90 Å². The molecule has 5 heteroatoms. The SMILES string of the molecule is NS(=O)(=O)c1cn(CC2CC3CCC2C3)c2ccccc12. The second kappa shape index (κ2) is 4.58. The van der Waals surface area contributed by atoms with Gasteiger partial charge in [0.15, 0.2) is 0 Å². The van der Waals surface area contributed by atoms with E-state index in [4.69, 9.17) is 5.14 Å². The number of nitrogens with zero attached hydrogens (tertiary/aromatic N) is 1. The number of sulfonamides is 1. The molecular weight excluding hydrogens is 284 g/mol. The predicted molar refractivity (Wildman–Crippen MR) is 82.2 cm³/mol. The highest BCUT2D eigenvalue weighted by molar-refractivity contribution is 7.89. The van der Waals surface area contributed by atoms with Crippen molar-refractivity contribution < 1.29 is 8.42 Å². The van der Waals surface area contributed by atoms with E-state index in [9.17, 15) is 8.42 Å². The molecule has 3 unspecified atom stereocenters. The maximum atomic E-state index is 11.8. The van der Waals surface area contributed by atoms with Crippen molar-refractivity contribution in [2.24, 2.45) is 22.9 Å². The Bertz CT molecular complexity index is 794. The van der Waals surface area contributed by atoms with Gasteiger partial charge in [0, 0.05) is 23.6 Å². The highest BCUT2D eigenvalue weighted by Crippen LogP contribution is 2.49. The third-order valence-corrected chi connectivity index (χ3v) is 6.31. The highest BCUT2D eigenvalue weighted by Gasteiger charge is 2.39. The Hall–Kier alpha value is -1.33. The van der Waals surface area contributed by atoms with Crippen molar-refractivity contribution in [1.82, 2.24) is 4.57 Å². The highest BCUT2D eigenvalue weighted by atomic mass is 32.2. The normalized spacial score (nSPS) is 28.5. The first-order valence-corrected chi connectivity index (χ1v) is 9.17. The van der Waals surface area contributed by atoms with Crippen molar-refractivity contribution in [1.29, 1.82) is 0 Å². The van der Waals surface area contributed by atoms with Crippen LogP contribution in [0.3, 0.4) is 0 Å². The molecule has 2 N–H and O–H groups in total. The molecule has 0 radical (unpaired) electrons. The lowest BCUT2D eigenvalue weighted by molar-refractivity contribution is 0.298. The fraction of sp³-hybridized carbons (Fsp3) is 0.500. The first-order valence-electron chi connectivity index (χ1n) is 7.63. The molecule has 3 atom stereocenters. The lowest BCUT2D eigenvalue weighted by Gasteiger charge is -2.22. The molecular formula is C16H20N2O2S. The summed E-state index contributed by atoms with van der Waals surface area (Å²) in [6, 6.07) is 7.63. The molecule has 2 fully saturated rings. The Labute approximate surface area is 125 Å². The molecule has 4 rings (SSSR count). The van der Waals surface area contributed by atoms with Gasteiger partial charge in [-0.15, -0.1) is 0 Å². The molecule has 0 spiro atoms. The topological polar surface area (TPSA) is 65.1 Å². The molecule has 2 aliphatic rings. The lowest BCUT2D eigenvalue weighted by atomic mass is 9.89. The van der Waals surface area contributed by atoms with E-state index >= 15 is 0 Å². The fourth-order valence-corrected chi connectivity index (χ4v) is 5.20. The van der Waals surface area contributed by atoms with Crippen LogP contribution in [0.4, 0.5) is 0 Å². The minimum Gasteiger partial charge on any atom is -0.346 e. The molecule has 0 saturated heterocycles. The van der Waals surface area contributed by atoms with Crippen LogP contribution < -0.4 is 5.14 Å². The molecule has 2 saturated carbocycles. The number of fused-ring (bicyclic) bond motifs is 3. The molecule has 112 valence electrons. The second-order valence-corrected chi connectivity index (χ2v) is 8.17. The molecule has 4 nitrogen and oxygen atoms in total. The van der Waals surface area contributed by atoms with Gasteiger partial charge in [-0.2, -0.15) is 0 Å². The smallest absolute Gasteiger partial charge is 0.240 e. The average Bonchev–Trinajstić information content (AvgIpc) is 3.12. The van der Waals surface area contributed by atoms with Gasteiger partial charge in [-0.1, -0.05) is 24.6 Å². The zero-order valence-corrected chi connectivity index (χ0v) is 12.7. The van der Waals surface area contributed by atoms with Gasteiger partial charge in [0.05, 0.1) is 0 Å². The Morgan fingerprint density at radius 3 is 2.67 bits per heavy atom. The molecule has 0 amide bonds. The molecule has 1 aromatic heterocycles. The van der Waals surface area contributed by atoms with E-state index in [0.717, 1.165) is 29.3 Å².